The van der Waals surface area contributed by atoms with Crippen molar-refractivity contribution >= 4 is 39.9 Å². The highest BCUT2D eigenvalue weighted by molar-refractivity contribution is 7.20. The Morgan fingerprint density at radius 1 is 1.12 bits per heavy atom. The lowest BCUT2D eigenvalue weighted by molar-refractivity contribution is 0.258. The van der Waals surface area contributed by atoms with Crippen LogP contribution in [0.4, 0.5) is 0 Å². The molecular weight excluding hydrogens is 442 g/mol. The van der Waals surface area contributed by atoms with E-state index < -0.39 is 0 Å². The normalized spacial score (nSPS) is 13.2. The number of nitrogens with one attached hydrogen (secondary N) is 1. The summed E-state index contributed by atoms with van der Waals surface area (Å²) >= 11 is 1.57. The van der Waals surface area contributed by atoms with Crippen LogP contribution in [0.5, 0.6) is 10.9 Å². The largest absolute Gasteiger partial charge is 0.481 e. The average Bonchev–Trinajstić information content (AvgIpc) is 3.49. The van der Waals surface area contributed by atoms with Crippen LogP contribution in [0, 0.1) is 11.3 Å². The zero-order valence-corrected chi connectivity index (χ0v) is 20.2. The lowest BCUT2D eigenvalue weighted by Crippen LogP contribution is -2.30. The SMILES string of the molecule is CCOC(=N)CCCN(CCc1ccc(Oc2nc3ccccc3s2)cc1)CC1CC1.Cl. The second-order valence-electron chi connectivity index (χ2n) is 8.15. The number of aromatic nitrogens is 1. The van der Waals surface area contributed by atoms with Gasteiger partial charge in [-0.2, -0.15) is 0 Å². The van der Waals surface area contributed by atoms with Crippen molar-refractivity contribution in [3.8, 4) is 10.9 Å². The number of rotatable bonds is 12. The van der Waals surface area contributed by atoms with Crippen molar-refractivity contribution in [2.75, 3.05) is 26.2 Å². The van der Waals surface area contributed by atoms with Gasteiger partial charge in [-0.15, -0.1) is 12.4 Å². The molecule has 1 fully saturated rings. The molecule has 1 aliphatic carbocycles. The van der Waals surface area contributed by atoms with Gasteiger partial charge in [0.25, 0.3) is 5.19 Å². The minimum atomic E-state index is 0. The van der Waals surface area contributed by atoms with Crippen molar-refractivity contribution in [2.24, 2.45) is 5.92 Å². The van der Waals surface area contributed by atoms with E-state index in [1.54, 1.807) is 11.3 Å². The van der Waals surface area contributed by atoms with Crippen LogP contribution in [-0.2, 0) is 11.2 Å². The van der Waals surface area contributed by atoms with E-state index in [2.05, 4.69) is 28.1 Å². The van der Waals surface area contributed by atoms with E-state index in [-0.39, 0.29) is 12.4 Å². The molecule has 0 saturated heterocycles. The molecule has 0 aliphatic heterocycles. The zero-order chi connectivity index (χ0) is 21.5. The molecule has 0 atom stereocenters. The molecule has 1 N–H and O–H groups in total. The topological polar surface area (TPSA) is 58.4 Å². The van der Waals surface area contributed by atoms with Crippen molar-refractivity contribution in [3.63, 3.8) is 0 Å². The summed E-state index contributed by atoms with van der Waals surface area (Å²) in [6.07, 6.45) is 5.47. The fraction of sp³-hybridized carbons (Fsp3) is 0.440. The Labute approximate surface area is 200 Å². The van der Waals surface area contributed by atoms with Crippen LogP contribution in [0.3, 0.4) is 0 Å². The summed E-state index contributed by atoms with van der Waals surface area (Å²) < 4.78 is 12.4. The molecule has 1 saturated carbocycles. The highest BCUT2D eigenvalue weighted by atomic mass is 35.5. The number of hydrogen-bond acceptors (Lipinski definition) is 6. The molecule has 172 valence electrons. The maximum Gasteiger partial charge on any atom is 0.279 e. The van der Waals surface area contributed by atoms with Gasteiger partial charge in [0.15, 0.2) is 5.90 Å². The van der Waals surface area contributed by atoms with Crippen molar-refractivity contribution < 1.29 is 9.47 Å². The maximum atomic E-state index is 7.80. The predicted octanol–water partition coefficient (Wildman–Crippen LogP) is 6.56. The first-order valence-corrected chi connectivity index (χ1v) is 12.1. The molecule has 0 bridgehead atoms. The first-order valence-electron chi connectivity index (χ1n) is 11.2. The average molecular weight is 474 g/mol. The first kappa shape index (κ1) is 24.5. The number of thiazole rings is 1. The number of hydrogen-bond donors (Lipinski definition) is 1. The molecule has 0 unspecified atom stereocenters. The van der Waals surface area contributed by atoms with E-state index in [4.69, 9.17) is 14.9 Å². The van der Waals surface area contributed by atoms with Gasteiger partial charge in [0.05, 0.1) is 16.8 Å². The monoisotopic (exact) mass is 473 g/mol. The third-order valence-corrected chi connectivity index (χ3v) is 6.44. The molecule has 5 nitrogen and oxygen atoms in total. The molecule has 2 aromatic carbocycles. The van der Waals surface area contributed by atoms with Gasteiger partial charge in [-0.1, -0.05) is 35.6 Å². The van der Waals surface area contributed by atoms with E-state index in [1.807, 2.05) is 37.3 Å². The molecular formula is C25H32ClN3O2S. The Hall–Kier alpha value is -2.15. The number of halogens is 1. The van der Waals surface area contributed by atoms with Gasteiger partial charge in [0, 0.05) is 19.5 Å². The first-order chi connectivity index (χ1) is 15.2. The van der Waals surface area contributed by atoms with Gasteiger partial charge in [-0.3, -0.25) is 5.41 Å². The van der Waals surface area contributed by atoms with Crippen molar-refractivity contribution in [2.45, 2.75) is 39.0 Å². The van der Waals surface area contributed by atoms with Crippen LogP contribution in [0.1, 0.15) is 38.2 Å². The van der Waals surface area contributed by atoms with Crippen LogP contribution in [0.25, 0.3) is 10.2 Å². The zero-order valence-electron chi connectivity index (χ0n) is 18.6. The van der Waals surface area contributed by atoms with Crippen molar-refractivity contribution in [1.29, 1.82) is 5.41 Å². The highest BCUT2D eigenvalue weighted by Crippen LogP contribution is 2.31. The summed E-state index contributed by atoms with van der Waals surface area (Å²) in [4.78, 5) is 7.10. The third kappa shape index (κ3) is 7.47. The Morgan fingerprint density at radius 2 is 1.91 bits per heavy atom. The van der Waals surface area contributed by atoms with E-state index in [1.165, 1.54) is 24.9 Å². The van der Waals surface area contributed by atoms with E-state index in [0.29, 0.717) is 17.7 Å². The maximum absolute atomic E-state index is 7.80. The number of fused-ring (bicyclic) bond motifs is 1. The Kier molecular flexibility index (Phi) is 9.33. The Morgan fingerprint density at radius 3 is 2.62 bits per heavy atom. The second-order valence-corrected chi connectivity index (χ2v) is 9.14. The van der Waals surface area contributed by atoms with Gasteiger partial charge in [-0.25, -0.2) is 4.98 Å². The fourth-order valence-corrected chi connectivity index (χ4v) is 4.51. The summed E-state index contributed by atoms with van der Waals surface area (Å²) in [5, 5.41) is 8.48. The molecule has 1 aliphatic rings. The van der Waals surface area contributed by atoms with Crippen LogP contribution in [0.15, 0.2) is 48.5 Å². The quantitative estimate of drug-likeness (QED) is 0.239. The van der Waals surface area contributed by atoms with Crippen LogP contribution in [-0.4, -0.2) is 42.0 Å². The predicted molar refractivity (Wildman–Crippen MR) is 135 cm³/mol. The molecule has 7 heteroatoms. The van der Waals surface area contributed by atoms with Crippen LogP contribution in [0.2, 0.25) is 0 Å². The van der Waals surface area contributed by atoms with Crippen LogP contribution >= 0.6 is 23.7 Å². The van der Waals surface area contributed by atoms with Gasteiger partial charge in [0.2, 0.25) is 0 Å². The number of nitrogens with zero attached hydrogens (tertiary/aromatic N) is 2. The summed E-state index contributed by atoms with van der Waals surface area (Å²) in [5.41, 5.74) is 2.30. The van der Waals surface area contributed by atoms with Gasteiger partial charge in [-0.05, 0) is 74.9 Å². The van der Waals surface area contributed by atoms with Crippen molar-refractivity contribution in [3.05, 3.63) is 54.1 Å². The molecule has 32 heavy (non-hydrogen) atoms. The summed E-state index contributed by atoms with van der Waals surface area (Å²) in [5.74, 6) is 2.11. The Balaban J connectivity index is 0.00000289. The number of ether oxygens (including phenoxy) is 2. The van der Waals surface area contributed by atoms with Gasteiger partial charge < -0.3 is 14.4 Å². The van der Waals surface area contributed by atoms with Crippen LogP contribution < -0.4 is 4.74 Å². The fourth-order valence-electron chi connectivity index (χ4n) is 3.68. The lowest BCUT2D eigenvalue weighted by atomic mass is 10.1. The molecule has 1 aromatic heterocycles. The number of benzene rings is 2. The molecule has 0 amide bonds. The van der Waals surface area contributed by atoms with Gasteiger partial charge >= 0.3 is 0 Å². The summed E-state index contributed by atoms with van der Waals surface area (Å²) in [6, 6.07) is 16.5. The summed E-state index contributed by atoms with van der Waals surface area (Å²) in [7, 11) is 0. The summed E-state index contributed by atoms with van der Waals surface area (Å²) in [6.45, 7) is 5.79. The van der Waals surface area contributed by atoms with E-state index >= 15 is 0 Å². The third-order valence-electron chi connectivity index (χ3n) is 5.53. The lowest BCUT2D eigenvalue weighted by Gasteiger charge is -2.22. The second kappa shape index (κ2) is 12.2. The minimum absolute atomic E-state index is 0. The molecule has 4 rings (SSSR count). The van der Waals surface area contributed by atoms with E-state index in [9.17, 15) is 0 Å². The smallest absolute Gasteiger partial charge is 0.279 e. The highest BCUT2D eigenvalue weighted by Gasteiger charge is 2.24. The molecule has 1 heterocycles. The standard InChI is InChI=1S/C25H31N3O2S.ClH/c1-2-29-24(26)8-5-16-28(18-20-9-10-20)17-15-19-11-13-21(14-12-19)30-25-27-22-6-3-4-7-23(22)31-25;/h3-4,6-7,11-14,20,26H,2,5,8-10,15-18H2,1H3;1H. The van der Waals surface area contributed by atoms with E-state index in [0.717, 1.165) is 54.2 Å². The molecule has 3 aromatic rings. The Bertz CT molecular complexity index is 955. The van der Waals surface area contributed by atoms with Gasteiger partial charge in [0.1, 0.15) is 5.75 Å². The minimum Gasteiger partial charge on any atom is -0.481 e. The van der Waals surface area contributed by atoms with Crippen molar-refractivity contribution in [1.82, 2.24) is 9.88 Å². The number of para-hydroxylation sites is 1. The molecule has 0 spiro atoms. The molecule has 0 radical (unpaired) electrons.